The van der Waals surface area contributed by atoms with Crippen molar-refractivity contribution in [2.75, 3.05) is 28.6 Å². The minimum atomic E-state index is 0.348. The Bertz CT molecular complexity index is 873. The third-order valence-electron chi connectivity index (χ3n) is 4.03. The number of hydrogen-bond acceptors (Lipinski definition) is 8. The molecular formula is C18H23N7O. The molecule has 2 N–H and O–H groups in total. The first-order valence-electron chi connectivity index (χ1n) is 8.61. The van der Waals surface area contributed by atoms with Crippen molar-refractivity contribution in [3.63, 3.8) is 0 Å². The van der Waals surface area contributed by atoms with Crippen LogP contribution < -0.4 is 15.5 Å². The average Bonchev–Trinajstić information content (AvgIpc) is 3.03. The van der Waals surface area contributed by atoms with Gasteiger partial charge in [0.05, 0.1) is 6.20 Å². The molecule has 3 rings (SSSR count). The summed E-state index contributed by atoms with van der Waals surface area (Å²) in [5.74, 6) is 2.20. The molecule has 0 saturated carbocycles. The van der Waals surface area contributed by atoms with Gasteiger partial charge in [-0.25, -0.2) is 0 Å². The van der Waals surface area contributed by atoms with Crippen LogP contribution in [-0.2, 0) is 0 Å². The van der Waals surface area contributed by atoms with E-state index in [0.29, 0.717) is 23.3 Å². The Kier molecular flexibility index (Phi) is 5.31. The molecule has 0 atom stereocenters. The molecular weight excluding hydrogens is 330 g/mol. The van der Waals surface area contributed by atoms with Crippen LogP contribution in [0.3, 0.4) is 0 Å². The van der Waals surface area contributed by atoms with E-state index in [1.807, 2.05) is 6.92 Å². The van der Waals surface area contributed by atoms with Crippen molar-refractivity contribution in [3.05, 3.63) is 41.8 Å². The van der Waals surface area contributed by atoms with Crippen LogP contribution in [0.2, 0.25) is 0 Å². The van der Waals surface area contributed by atoms with E-state index in [2.05, 4.69) is 74.8 Å². The van der Waals surface area contributed by atoms with Gasteiger partial charge in [-0.2, -0.15) is 10.1 Å². The lowest BCUT2D eigenvalue weighted by molar-refractivity contribution is 0.400. The summed E-state index contributed by atoms with van der Waals surface area (Å²) in [5, 5.41) is 18.1. The van der Waals surface area contributed by atoms with E-state index in [4.69, 9.17) is 4.52 Å². The second-order valence-electron chi connectivity index (χ2n) is 5.91. The topological polar surface area (TPSA) is 92.0 Å². The van der Waals surface area contributed by atoms with Crippen molar-refractivity contribution in [1.82, 2.24) is 20.3 Å². The lowest BCUT2D eigenvalue weighted by atomic mass is 10.1. The maximum Gasteiger partial charge on any atom is 0.250 e. The standard InChI is InChI=1S/C18H23N7O/c1-5-25(6-2)14-7-8-15(12(3)9-14)20-17-11-19-23-18(22-17)21-16-10-13(4)26-24-16/h7-11H,5-6H2,1-4H3,(H2,20,21,22,23,24). The number of anilines is 5. The highest BCUT2D eigenvalue weighted by Gasteiger charge is 2.08. The third kappa shape index (κ3) is 4.08. The molecule has 0 aliphatic heterocycles. The molecule has 0 bridgehead atoms. The Labute approximate surface area is 152 Å². The van der Waals surface area contributed by atoms with Gasteiger partial charge in [0.25, 0.3) is 0 Å². The highest BCUT2D eigenvalue weighted by atomic mass is 16.5. The molecule has 8 nitrogen and oxygen atoms in total. The van der Waals surface area contributed by atoms with Gasteiger partial charge in [-0.05, 0) is 51.5 Å². The molecule has 26 heavy (non-hydrogen) atoms. The number of benzene rings is 1. The van der Waals surface area contributed by atoms with Gasteiger partial charge in [-0.1, -0.05) is 5.16 Å². The van der Waals surface area contributed by atoms with Gasteiger partial charge in [0, 0.05) is 30.5 Å². The van der Waals surface area contributed by atoms with Crippen molar-refractivity contribution < 1.29 is 4.52 Å². The van der Waals surface area contributed by atoms with E-state index in [1.54, 1.807) is 12.3 Å². The van der Waals surface area contributed by atoms with E-state index in [-0.39, 0.29) is 0 Å². The van der Waals surface area contributed by atoms with Crippen LogP contribution in [0.4, 0.5) is 29.0 Å². The largest absolute Gasteiger partial charge is 0.372 e. The van der Waals surface area contributed by atoms with Gasteiger partial charge in [-0.3, -0.25) is 0 Å². The SMILES string of the molecule is CCN(CC)c1ccc(Nc2cnnc(Nc3cc(C)on3)n2)c(C)c1. The quantitative estimate of drug-likeness (QED) is 0.662. The molecule has 0 radical (unpaired) electrons. The first-order valence-corrected chi connectivity index (χ1v) is 8.61. The lowest BCUT2D eigenvalue weighted by Crippen LogP contribution is -2.21. The second kappa shape index (κ2) is 7.81. The van der Waals surface area contributed by atoms with Gasteiger partial charge in [0.1, 0.15) is 5.76 Å². The molecule has 0 aliphatic carbocycles. The molecule has 1 aromatic carbocycles. The normalized spacial score (nSPS) is 10.6. The number of nitrogens with one attached hydrogen (secondary N) is 2. The summed E-state index contributed by atoms with van der Waals surface area (Å²) in [4.78, 5) is 6.73. The number of hydrogen-bond donors (Lipinski definition) is 2. The van der Waals surface area contributed by atoms with Crippen LogP contribution in [0.15, 0.2) is 35.0 Å². The smallest absolute Gasteiger partial charge is 0.250 e. The van der Waals surface area contributed by atoms with E-state index < -0.39 is 0 Å². The molecule has 0 unspecified atom stereocenters. The molecule has 2 aromatic heterocycles. The fourth-order valence-electron chi connectivity index (χ4n) is 2.67. The van der Waals surface area contributed by atoms with Crippen LogP contribution in [0.5, 0.6) is 0 Å². The van der Waals surface area contributed by atoms with Crippen LogP contribution >= 0.6 is 0 Å². The van der Waals surface area contributed by atoms with Crippen molar-refractivity contribution in [2.24, 2.45) is 0 Å². The summed E-state index contributed by atoms with van der Waals surface area (Å²) in [7, 11) is 0. The molecule has 136 valence electrons. The van der Waals surface area contributed by atoms with Gasteiger partial charge in [-0.15, -0.1) is 5.10 Å². The Hall–Kier alpha value is -3.16. The molecule has 8 heteroatoms. The Morgan fingerprint density at radius 1 is 1.04 bits per heavy atom. The van der Waals surface area contributed by atoms with E-state index >= 15 is 0 Å². The summed E-state index contributed by atoms with van der Waals surface area (Å²) in [6.45, 7) is 10.2. The first-order chi connectivity index (χ1) is 12.6. The second-order valence-corrected chi connectivity index (χ2v) is 5.91. The highest BCUT2D eigenvalue weighted by molar-refractivity contribution is 5.65. The Morgan fingerprint density at radius 3 is 2.50 bits per heavy atom. The number of nitrogens with zero attached hydrogens (tertiary/aromatic N) is 5. The zero-order valence-electron chi connectivity index (χ0n) is 15.4. The fourth-order valence-corrected chi connectivity index (χ4v) is 2.67. The van der Waals surface area contributed by atoms with Crippen molar-refractivity contribution in [2.45, 2.75) is 27.7 Å². The van der Waals surface area contributed by atoms with Gasteiger partial charge in [0.2, 0.25) is 5.95 Å². The van der Waals surface area contributed by atoms with Crippen LogP contribution in [0.1, 0.15) is 25.2 Å². The zero-order chi connectivity index (χ0) is 18.5. The molecule has 0 spiro atoms. The molecule has 0 fully saturated rings. The van der Waals surface area contributed by atoms with Crippen LogP contribution in [0.25, 0.3) is 0 Å². The van der Waals surface area contributed by atoms with E-state index in [0.717, 1.165) is 24.3 Å². The van der Waals surface area contributed by atoms with Gasteiger partial charge >= 0.3 is 0 Å². The third-order valence-corrected chi connectivity index (χ3v) is 4.03. The average molecular weight is 353 g/mol. The summed E-state index contributed by atoms with van der Waals surface area (Å²) in [6, 6.07) is 8.09. The molecule has 2 heterocycles. The van der Waals surface area contributed by atoms with Crippen molar-refractivity contribution in [3.8, 4) is 0 Å². The summed E-state index contributed by atoms with van der Waals surface area (Å²) < 4.78 is 5.02. The summed E-state index contributed by atoms with van der Waals surface area (Å²) >= 11 is 0. The predicted octanol–water partition coefficient (Wildman–Crippen LogP) is 3.81. The van der Waals surface area contributed by atoms with Gasteiger partial charge < -0.3 is 20.1 Å². The lowest BCUT2D eigenvalue weighted by Gasteiger charge is -2.22. The fraction of sp³-hybridized carbons (Fsp3) is 0.333. The molecule has 0 amide bonds. The summed E-state index contributed by atoms with van der Waals surface area (Å²) in [6.07, 6.45) is 1.58. The molecule has 0 aliphatic rings. The van der Waals surface area contributed by atoms with Crippen LogP contribution in [-0.4, -0.2) is 33.4 Å². The number of aryl methyl sites for hydroxylation is 2. The van der Waals surface area contributed by atoms with Crippen molar-refractivity contribution in [1.29, 1.82) is 0 Å². The zero-order valence-corrected chi connectivity index (χ0v) is 15.4. The van der Waals surface area contributed by atoms with Gasteiger partial charge in [0.15, 0.2) is 11.6 Å². The monoisotopic (exact) mass is 353 g/mol. The minimum Gasteiger partial charge on any atom is -0.372 e. The number of rotatable bonds is 7. The maximum atomic E-state index is 5.02. The van der Waals surface area contributed by atoms with E-state index in [9.17, 15) is 0 Å². The Morgan fingerprint density at radius 2 is 1.85 bits per heavy atom. The van der Waals surface area contributed by atoms with E-state index in [1.165, 1.54) is 5.69 Å². The van der Waals surface area contributed by atoms with Crippen molar-refractivity contribution >= 4 is 29.0 Å². The minimum absolute atomic E-state index is 0.348. The highest BCUT2D eigenvalue weighted by Crippen LogP contribution is 2.25. The molecule has 0 saturated heterocycles. The maximum absolute atomic E-state index is 5.02. The molecule has 3 aromatic rings. The first kappa shape index (κ1) is 17.7. The van der Waals surface area contributed by atoms with Crippen LogP contribution in [0, 0.1) is 13.8 Å². The number of aromatic nitrogens is 4. The summed E-state index contributed by atoms with van der Waals surface area (Å²) in [5.41, 5.74) is 3.32. The Balaban J connectivity index is 1.75. The predicted molar refractivity (Wildman–Crippen MR) is 102 cm³/mol.